The molecule has 0 atom stereocenters. The Balaban J connectivity index is 2.43. The van der Waals surface area contributed by atoms with Gasteiger partial charge in [-0.25, -0.2) is 0 Å². The van der Waals surface area contributed by atoms with Crippen molar-refractivity contribution in [1.29, 1.82) is 0 Å². The molecule has 0 bridgehead atoms. The van der Waals surface area contributed by atoms with E-state index in [2.05, 4.69) is 16.9 Å². The van der Waals surface area contributed by atoms with Gasteiger partial charge in [0.05, 0.1) is 6.54 Å². The molecule has 0 spiro atoms. The molecule has 1 nitrogen and oxygen atoms in total. The minimum atomic E-state index is 0.821. The molecule has 0 aliphatic carbocycles. The largest absolute Gasteiger partial charge is 0.171 e. The molecular weight excluding hydrogens is 142 g/mol. The van der Waals surface area contributed by atoms with Crippen LogP contribution in [0.3, 0.4) is 0 Å². The molecule has 0 saturated heterocycles. The lowest BCUT2D eigenvalue weighted by atomic mass is 10.2. The van der Waals surface area contributed by atoms with Crippen LogP contribution in [0.4, 0.5) is 0 Å². The van der Waals surface area contributed by atoms with E-state index in [-0.39, 0.29) is 0 Å². The van der Waals surface area contributed by atoms with Gasteiger partial charge >= 0.3 is 0 Å². The maximum Gasteiger partial charge on any atom is 0.0506 e. The van der Waals surface area contributed by atoms with Crippen LogP contribution in [-0.4, -0.2) is 6.26 Å². The van der Waals surface area contributed by atoms with Crippen molar-refractivity contribution in [3.05, 3.63) is 35.9 Å². The molecule has 0 saturated carbocycles. The maximum absolute atomic E-state index is 4.16. The van der Waals surface area contributed by atoms with Crippen LogP contribution in [0, 0.1) is 0 Å². The molecule has 1 rings (SSSR count). The monoisotopic (exact) mass is 152 g/mol. The first kappa shape index (κ1) is 7.63. The molecule has 1 aromatic carbocycles. The molecule has 0 aliphatic rings. The summed E-state index contributed by atoms with van der Waals surface area (Å²) in [6, 6.07) is 10.2. The van der Waals surface area contributed by atoms with Crippen molar-refractivity contribution < 1.29 is 0 Å². The molecule has 53 valence electrons. The Bertz CT molecular complexity index is 174. The SMILES string of the molecule is CS[N]Cc1ccccc1. The first-order chi connectivity index (χ1) is 4.93. The van der Waals surface area contributed by atoms with Gasteiger partial charge < -0.3 is 0 Å². The fourth-order valence-electron chi connectivity index (χ4n) is 0.723. The third kappa shape index (κ3) is 2.42. The topological polar surface area (TPSA) is 14.1 Å². The van der Waals surface area contributed by atoms with Crippen LogP contribution in [-0.2, 0) is 6.54 Å². The molecule has 0 unspecified atom stereocenters. The van der Waals surface area contributed by atoms with Crippen molar-refractivity contribution in [2.75, 3.05) is 6.26 Å². The number of hydrogen-bond donors (Lipinski definition) is 0. The Hall–Kier alpha value is -0.470. The fourth-order valence-corrected chi connectivity index (χ4v) is 1.00. The second kappa shape index (κ2) is 4.36. The summed E-state index contributed by atoms with van der Waals surface area (Å²) in [5.41, 5.74) is 1.27. The zero-order valence-corrected chi connectivity index (χ0v) is 6.77. The first-order valence-electron chi connectivity index (χ1n) is 3.17. The number of nitrogens with zero attached hydrogens (tertiary/aromatic N) is 1. The molecule has 0 amide bonds. The van der Waals surface area contributed by atoms with Gasteiger partial charge in [0.2, 0.25) is 0 Å². The maximum atomic E-state index is 4.16. The second-order valence-electron chi connectivity index (χ2n) is 1.96. The molecule has 10 heavy (non-hydrogen) atoms. The molecule has 0 aliphatic heterocycles. The van der Waals surface area contributed by atoms with Crippen molar-refractivity contribution >= 4 is 11.9 Å². The van der Waals surface area contributed by atoms with Crippen LogP contribution < -0.4 is 4.72 Å². The number of hydrogen-bond acceptors (Lipinski definition) is 1. The van der Waals surface area contributed by atoms with Crippen LogP contribution in [0.1, 0.15) is 5.56 Å². The minimum absolute atomic E-state index is 0.821. The molecule has 1 radical (unpaired) electrons. The van der Waals surface area contributed by atoms with E-state index in [1.807, 2.05) is 24.5 Å². The molecule has 0 aromatic heterocycles. The Morgan fingerprint density at radius 3 is 2.60 bits per heavy atom. The third-order valence-electron chi connectivity index (χ3n) is 1.22. The first-order valence-corrected chi connectivity index (χ1v) is 4.35. The van der Waals surface area contributed by atoms with E-state index in [9.17, 15) is 0 Å². The molecule has 0 N–H and O–H groups in total. The zero-order chi connectivity index (χ0) is 7.23. The van der Waals surface area contributed by atoms with E-state index in [0.29, 0.717) is 0 Å². The van der Waals surface area contributed by atoms with E-state index in [0.717, 1.165) is 6.54 Å². The van der Waals surface area contributed by atoms with Crippen LogP contribution in [0.15, 0.2) is 30.3 Å². The van der Waals surface area contributed by atoms with Gasteiger partial charge in [-0.2, -0.15) is 4.72 Å². The summed E-state index contributed by atoms with van der Waals surface area (Å²) in [5.74, 6) is 0. The molecule has 1 aromatic rings. The van der Waals surface area contributed by atoms with E-state index < -0.39 is 0 Å². The molecular formula is C8H10NS. The van der Waals surface area contributed by atoms with Crippen molar-refractivity contribution in [3.63, 3.8) is 0 Å². The highest BCUT2D eigenvalue weighted by Gasteiger charge is 1.87. The van der Waals surface area contributed by atoms with E-state index in [1.165, 1.54) is 17.5 Å². The zero-order valence-electron chi connectivity index (χ0n) is 5.95. The van der Waals surface area contributed by atoms with Crippen molar-refractivity contribution in [2.45, 2.75) is 6.54 Å². The normalized spacial score (nSPS) is 9.70. The summed E-state index contributed by atoms with van der Waals surface area (Å²) < 4.78 is 4.16. The van der Waals surface area contributed by atoms with Gasteiger partial charge in [-0.1, -0.05) is 42.3 Å². The molecule has 0 fully saturated rings. The van der Waals surface area contributed by atoms with Crippen LogP contribution in [0.5, 0.6) is 0 Å². The van der Waals surface area contributed by atoms with Gasteiger partial charge in [0.1, 0.15) is 0 Å². The minimum Gasteiger partial charge on any atom is -0.171 e. The summed E-state index contributed by atoms with van der Waals surface area (Å²) in [6.45, 7) is 0.821. The van der Waals surface area contributed by atoms with Crippen LogP contribution >= 0.6 is 11.9 Å². The Labute approximate surface area is 66.0 Å². The standard InChI is InChI=1S/C8H10NS/c1-10-9-7-8-5-3-2-4-6-8/h2-6H,7H2,1H3. The highest BCUT2D eigenvalue weighted by Crippen LogP contribution is 2.00. The van der Waals surface area contributed by atoms with E-state index in [1.54, 1.807) is 0 Å². The summed E-state index contributed by atoms with van der Waals surface area (Å²) in [6.07, 6.45) is 1.98. The van der Waals surface area contributed by atoms with E-state index in [4.69, 9.17) is 0 Å². The van der Waals surface area contributed by atoms with Gasteiger partial charge in [0.15, 0.2) is 0 Å². The predicted molar refractivity (Wildman–Crippen MR) is 45.8 cm³/mol. The fraction of sp³-hybridized carbons (Fsp3) is 0.250. The van der Waals surface area contributed by atoms with Crippen LogP contribution in [0.2, 0.25) is 0 Å². The Morgan fingerprint density at radius 1 is 1.30 bits per heavy atom. The second-order valence-corrected chi connectivity index (χ2v) is 2.58. The highest BCUT2D eigenvalue weighted by atomic mass is 32.2. The predicted octanol–water partition coefficient (Wildman–Crippen LogP) is 2.07. The third-order valence-corrected chi connectivity index (χ3v) is 1.61. The Kier molecular flexibility index (Phi) is 3.33. The van der Waals surface area contributed by atoms with E-state index >= 15 is 0 Å². The highest BCUT2D eigenvalue weighted by molar-refractivity contribution is 7.96. The van der Waals surface area contributed by atoms with Crippen molar-refractivity contribution in [3.8, 4) is 0 Å². The smallest absolute Gasteiger partial charge is 0.0506 e. The van der Waals surface area contributed by atoms with Gasteiger partial charge in [-0.05, 0) is 11.8 Å². The lowest BCUT2D eigenvalue weighted by Crippen LogP contribution is -1.92. The van der Waals surface area contributed by atoms with Crippen molar-refractivity contribution in [2.24, 2.45) is 0 Å². The van der Waals surface area contributed by atoms with Crippen molar-refractivity contribution in [1.82, 2.24) is 4.72 Å². The molecule has 0 heterocycles. The van der Waals surface area contributed by atoms with Gasteiger partial charge in [0.25, 0.3) is 0 Å². The summed E-state index contributed by atoms with van der Waals surface area (Å²) in [4.78, 5) is 0. The quantitative estimate of drug-likeness (QED) is 0.605. The number of rotatable bonds is 3. The average Bonchev–Trinajstić information content (AvgIpc) is 2.03. The average molecular weight is 152 g/mol. The van der Waals surface area contributed by atoms with Gasteiger partial charge in [-0.3, -0.25) is 0 Å². The lowest BCUT2D eigenvalue weighted by Gasteiger charge is -1.96. The summed E-state index contributed by atoms with van der Waals surface area (Å²) in [7, 11) is 0. The molecule has 2 heteroatoms. The Morgan fingerprint density at radius 2 is 2.00 bits per heavy atom. The summed E-state index contributed by atoms with van der Waals surface area (Å²) in [5, 5.41) is 0. The van der Waals surface area contributed by atoms with Gasteiger partial charge in [-0.15, -0.1) is 0 Å². The lowest BCUT2D eigenvalue weighted by molar-refractivity contribution is 0.964. The summed E-state index contributed by atoms with van der Waals surface area (Å²) >= 11 is 1.52. The number of benzene rings is 1. The van der Waals surface area contributed by atoms with Crippen LogP contribution in [0.25, 0.3) is 0 Å². The van der Waals surface area contributed by atoms with Gasteiger partial charge in [0, 0.05) is 0 Å².